The maximum Gasteiger partial charge on any atom is 0.317 e. The highest BCUT2D eigenvalue weighted by Gasteiger charge is 2.14. The first-order valence-corrected chi connectivity index (χ1v) is 7.76. The summed E-state index contributed by atoms with van der Waals surface area (Å²) in [6.07, 6.45) is 0. The second-order valence-corrected chi connectivity index (χ2v) is 5.76. The van der Waals surface area contributed by atoms with Crippen LogP contribution in [0, 0.1) is 12.7 Å². The molecule has 0 unspecified atom stereocenters. The normalized spacial score (nSPS) is 10.7. The number of aromatic nitrogens is 2. The van der Waals surface area contributed by atoms with Crippen LogP contribution in [0.2, 0.25) is 0 Å². The van der Waals surface area contributed by atoms with Crippen LogP contribution in [-0.4, -0.2) is 22.6 Å². The number of nitrogens with zero attached hydrogens (tertiary/aromatic N) is 1. The molecule has 134 valence electrons. The van der Waals surface area contributed by atoms with E-state index in [9.17, 15) is 18.8 Å². The van der Waals surface area contributed by atoms with Crippen molar-refractivity contribution in [2.75, 3.05) is 12.4 Å². The van der Waals surface area contributed by atoms with E-state index >= 15 is 0 Å². The number of aromatic amines is 1. The van der Waals surface area contributed by atoms with Crippen LogP contribution in [0.3, 0.4) is 0 Å². The zero-order valence-electron chi connectivity index (χ0n) is 14.1. The third kappa shape index (κ3) is 3.34. The van der Waals surface area contributed by atoms with Crippen molar-refractivity contribution in [1.29, 1.82) is 0 Å². The van der Waals surface area contributed by atoms with Gasteiger partial charge in [-0.2, -0.15) is 0 Å². The molecule has 0 aliphatic rings. The number of amides is 1. The number of aryl methyl sites for hydroxylation is 1. The number of anilines is 1. The zero-order chi connectivity index (χ0) is 18.8. The fraction of sp³-hybridized carbons (Fsp3) is 0.167. The standard InChI is InChI=1S/C18H16FN3O4/c1-10-3-6-15(26-2)13(7-10)20-16(23)9-22-14-5-4-11(19)8-12(14)21-17(24)18(22)25/h3-8H,9H2,1-2H3,(H,20,23)(H,21,24). The Morgan fingerprint density at radius 1 is 1.23 bits per heavy atom. The van der Waals surface area contributed by atoms with Gasteiger partial charge >= 0.3 is 11.1 Å². The number of halogens is 1. The van der Waals surface area contributed by atoms with Crippen LogP contribution in [0.4, 0.5) is 10.1 Å². The Hall–Kier alpha value is -3.42. The third-order valence-electron chi connectivity index (χ3n) is 3.87. The fourth-order valence-electron chi connectivity index (χ4n) is 2.66. The highest BCUT2D eigenvalue weighted by molar-refractivity contribution is 5.93. The number of carbonyl (C=O) groups excluding carboxylic acids is 1. The van der Waals surface area contributed by atoms with Crippen LogP contribution in [0.5, 0.6) is 5.75 Å². The molecule has 0 saturated carbocycles. The molecule has 26 heavy (non-hydrogen) atoms. The van der Waals surface area contributed by atoms with Gasteiger partial charge in [-0.1, -0.05) is 6.07 Å². The number of benzene rings is 2. The second kappa shape index (κ2) is 6.83. The largest absolute Gasteiger partial charge is 0.495 e. The van der Waals surface area contributed by atoms with Gasteiger partial charge < -0.3 is 15.0 Å². The average molecular weight is 357 g/mol. The van der Waals surface area contributed by atoms with Crippen LogP contribution < -0.4 is 21.2 Å². The topological polar surface area (TPSA) is 93.2 Å². The molecule has 1 heterocycles. The minimum Gasteiger partial charge on any atom is -0.495 e. The van der Waals surface area contributed by atoms with Crippen molar-refractivity contribution >= 4 is 22.6 Å². The summed E-state index contributed by atoms with van der Waals surface area (Å²) in [7, 11) is 1.48. The molecule has 0 bridgehead atoms. The van der Waals surface area contributed by atoms with Crippen LogP contribution in [0.15, 0.2) is 46.0 Å². The lowest BCUT2D eigenvalue weighted by Gasteiger charge is -2.13. The number of carbonyl (C=O) groups is 1. The Morgan fingerprint density at radius 3 is 2.73 bits per heavy atom. The number of nitrogens with one attached hydrogen (secondary N) is 2. The second-order valence-electron chi connectivity index (χ2n) is 5.76. The van der Waals surface area contributed by atoms with Crippen LogP contribution >= 0.6 is 0 Å². The molecule has 1 aromatic heterocycles. The van der Waals surface area contributed by atoms with E-state index in [0.717, 1.165) is 22.3 Å². The van der Waals surface area contributed by atoms with E-state index in [2.05, 4.69) is 10.3 Å². The first kappa shape index (κ1) is 17.4. The lowest BCUT2D eigenvalue weighted by Crippen LogP contribution is -2.38. The van der Waals surface area contributed by atoms with Gasteiger partial charge in [0.1, 0.15) is 18.1 Å². The molecule has 0 aliphatic heterocycles. The first-order chi connectivity index (χ1) is 12.4. The van der Waals surface area contributed by atoms with Crippen LogP contribution in [0.1, 0.15) is 5.56 Å². The van der Waals surface area contributed by atoms with Crippen molar-refractivity contribution in [2.24, 2.45) is 0 Å². The molecule has 3 rings (SSSR count). The van der Waals surface area contributed by atoms with E-state index in [1.807, 2.05) is 13.0 Å². The SMILES string of the molecule is COc1ccc(C)cc1NC(=O)Cn1c(=O)c(=O)[nH]c2cc(F)ccc21. The molecular formula is C18H16FN3O4. The molecule has 2 aromatic carbocycles. The van der Waals surface area contributed by atoms with Gasteiger partial charge in [0.25, 0.3) is 0 Å². The summed E-state index contributed by atoms with van der Waals surface area (Å²) in [5.41, 5.74) is -0.0709. The number of hydrogen-bond donors (Lipinski definition) is 2. The Morgan fingerprint density at radius 2 is 2.00 bits per heavy atom. The van der Waals surface area contributed by atoms with Gasteiger partial charge in [0, 0.05) is 0 Å². The predicted octanol–water partition coefficient (Wildman–Crippen LogP) is 1.78. The van der Waals surface area contributed by atoms with E-state index < -0.39 is 29.4 Å². The number of ether oxygens (including phenoxy) is 1. The molecule has 1 amide bonds. The lowest BCUT2D eigenvalue weighted by molar-refractivity contribution is -0.116. The lowest BCUT2D eigenvalue weighted by atomic mass is 10.2. The Bertz CT molecular complexity index is 1120. The number of H-pyrrole nitrogens is 1. The maximum absolute atomic E-state index is 13.4. The van der Waals surface area contributed by atoms with Crippen molar-refractivity contribution in [3.8, 4) is 5.75 Å². The Balaban J connectivity index is 1.98. The number of hydrogen-bond acceptors (Lipinski definition) is 4. The van der Waals surface area contributed by atoms with Crippen LogP contribution in [-0.2, 0) is 11.3 Å². The van der Waals surface area contributed by atoms with Crippen molar-refractivity contribution < 1.29 is 13.9 Å². The summed E-state index contributed by atoms with van der Waals surface area (Å²) >= 11 is 0. The van der Waals surface area contributed by atoms with E-state index in [0.29, 0.717) is 11.4 Å². The predicted molar refractivity (Wildman–Crippen MR) is 95.1 cm³/mol. The van der Waals surface area contributed by atoms with Crippen molar-refractivity contribution in [2.45, 2.75) is 13.5 Å². The molecule has 0 fully saturated rings. The smallest absolute Gasteiger partial charge is 0.317 e. The van der Waals surface area contributed by atoms with E-state index in [1.165, 1.54) is 13.2 Å². The molecule has 0 spiro atoms. The highest BCUT2D eigenvalue weighted by atomic mass is 19.1. The average Bonchev–Trinajstić information content (AvgIpc) is 2.59. The number of fused-ring (bicyclic) bond motifs is 1. The fourth-order valence-corrected chi connectivity index (χ4v) is 2.66. The highest BCUT2D eigenvalue weighted by Crippen LogP contribution is 2.25. The van der Waals surface area contributed by atoms with Crippen LogP contribution in [0.25, 0.3) is 11.0 Å². The summed E-state index contributed by atoms with van der Waals surface area (Å²) in [4.78, 5) is 38.7. The van der Waals surface area contributed by atoms with Gasteiger partial charge in [-0.15, -0.1) is 0 Å². The molecule has 8 heteroatoms. The van der Waals surface area contributed by atoms with Crippen molar-refractivity contribution in [1.82, 2.24) is 9.55 Å². The minimum atomic E-state index is -0.927. The third-order valence-corrected chi connectivity index (χ3v) is 3.87. The molecule has 3 aromatic rings. The molecule has 0 saturated heterocycles. The Labute approximate surface area is 147 Å². The molecular weight excluding hydrogens is 341 g/mol. The van der Waals surface area contributed by atoms with Crippen molar-refractivity contribution in [3.63, 3.8) is 0 Å². The van der Waals surface area contributed by atoms with Gasteiger partial charge in [-0.05, 0) is 42.8 Å². The molecule has 0 aliphatic carbocycles. The molecule has 2 N–H and O–H groups in total. The number of methoxy groups -OCH3 is 1. The van der Waals surface area contributed by atoms with Gasteiger partial charge in [0.15, 0.2) is 0 Å². The number of rotatable bonds is 4. The summed E-state index contributed by atoms with van der Waals surface area (Å²) < 4.78 is 19.6. The summed E-state index contributed by atoms with van der Waals surface area (Å²) in [6.45, 7) is 1.46. The van der Waals surface area contributed by atoms with E-state index in [-0.39, 0.29) is 11.0 Å². The summed E-state index contributed by atoms with van der Waals surface area (Å²) in [5, 5.41) is 2.66. The first-order valence-electron chi connectivity index (χ1n) is 7.76. The summed E-state index contributed by atoms with van der Waals surface area (Å²) in [5.74, 6) is -0.617. The van der Waals surface area contributed by atoms with Crippen molar-refractivity contribution in [3.05, 3.63) is 68.5 Å². The Kier molecular flexibility index (Phi) is 4.57. The minimum absolute atomic E-state index is 0.135. The quantitative estimate of drug-likeness (QED) is 0.696. The van der Waals surface area contributed by atoms with Gasteiger partial charge in [0.05, 0.1) is 23.8 Å². The molecule has 0 radical (unpaired) electrons. The molecule has 7 nitrogen and oxygen atoms in total. The molecule has 0 atom stereocenters. The van der Waals surface area contributed by atoms with E-state index in [4.69, 9.17) is 4.74 Å². The summed E-state index contributed by atoms with van der Waals surface area (Å²) in [6, 6.07) is 8.85. The monoisotopic (exact) mass is 357 g/mol. The zero-order valence-corrected chi connectivity index (χ0v) is 14.1. The van der Waals surface area contributed by atoms with Gasteiger partial charge in [-0.3, -0.25) is 19.0 Å². The maximum atomic E-state index is 13.4. The van der Waals surface area contributed by atoms with Gasteiger partial charge in [0.2, 0.25) is 5.91 Å². The van der Waals surface area contributed by atoms with E-state index in [1.54, 1.807) is 12.1 Å². The van der Waals surface area contributed by atoms with Gasteiger partial charge in [-0.25, -0.2) is 4.39 Å².